The molecule has 2 aromatic heterocycles. The van der Waals surface area contributed by atoms with Crippen molar-refractivity contribution in [1.82, 2.24) is 14.6 Å². The highest BCUT2D eigenvalue weighted by Crippen LogP contribution is 2.42. The second kappa shape index (κ2) is 10.8. The standard InChI is InChI=1S/C23H37B6N5O3S/c1-12(30)20(33(2)31)14-9-15-19(32-10-14)18-16(37-22(24,25)26)3-4-17(38(35)23(27,28)29)21(18)34(15)11-13-5-7-36-8-6-13/h3-4,9-10,13H,5-8,11,24-31H2,1-2H3/b20-12-. The van der Waals surface area contributed by atoms with Crippen molar-refractivity contribution in [2.45, 2.75) is 40.9 Å². The van der Waals surface area contributed by atoms with Gasteiger partial charge in [-0.3, -0.25) is 4.98 Å². The number of hydrazine groups is 1. The molecule has 0 amide bonds. The molecule has 1 aliphatic heterocycles. The molecule has 4 N–H and O–H groups in total. The van der Waals surface area contributed by atoms with E-state index in [0.717, 1.165) is 70.7 Å². The van der Waals surface area contributed by atoms with Crippen LogP contribution in [-0.2, 0) is 22.5 Å². The molecule has 1 fully saturated rings. The second-order valence-electron chi connectivity index (χ2n) is 12.3. The van der Waals surface area contributed by atoms with Gasteiger partial charge in [0.15, 0.2) is 28.4 Å². The number of allylic oxidation sites excluding steroid dienone is 1. The van der Waals surface area contributed by atoms with Gasteiger partial charge in [0.1, 0.15) is 34.8 Å². The number of aromatic nitrogens is 2. The van der Waals surface area contributed by atoms with Crippen LogP contribution in [0, 0.1) is 5.92 Å². The first-order valence-corrected chi connectivity index (χ1v) is 14.4. The number of fused-ring (bicyclic) bond motifs is 3. The zero-order valence-electron chi connectivity index (χ0n) is 24.1. The van der Waals surface area contributed by atoms with E-state index < -0.39 is 20.9 Å². The van der Waals surface area contributed by atoms with E-state index in [1.165, 1.54) is 5.01 Å². The van der Waals surface area contributed by atoms with Crippen LogP contribution in [0.15, 0.2) is 35.0 Å². The lowest BCUT2D eigenvalue weighted by molar-refractivity contribution is 0.0619. The average Bonchev–Trinajstić information content (AvgIpc) is 3.12. The Hall–Kier alpha value is -2.07. The van der Waals surface area contributed by atoms with Gasteiger partial charge in [-0.25, -0.2) is 5.84 Å². The van der Waals surface area contributed by atoms with Crippen LogP contribution in [0.3, 0.4) is 0 Å². The fourth-order valence-electron chi connectivity index (χ4n) is 5.13. The Morgan fingerprint density at radius 3 is 2.45 bits per heavy atom. The summed E-state index contributed by atoms with van der Waals surface area (Å²) in [7, 11) is 13.9. The van der Waals surface area contributed by atoms with Crippen molar-refractivity contribution in [1.29, 1.82) is 0 Å². The topological polar surface area (TPSA) is 115 Å². The van der Waals surface area contributed by atoms with Gasteiger partial charge in [-0.05, 0) is 55.1 Å². The molecule has 38 heavy (non-hydrogen) atoms. The normalized spacial score (nSPS) is 16.9. The Kier molecular flexibility index (Phi) is 8.25. The van der Waals surface area contributed by atoms with Crippen molar-refractivity contribution in [3.63, 3.8) is 0 Å². The van der Waals surface area contributed by atoms with Crippen molar-refractivity contribution in [2.75, 3.05) is 20.3 Å². The molecule has 1 aliphatic rings. The minimum Gasteiger partial charge on any atom is -0.613 e. The summed E-state index contributed by atoms with van der Waals surface area (Å²) < 4.78 is 27.9. The summed E-state index contributed by atoms with van der Waals surface area (Å²) in [6, 6.07) is 6.01. The largest absolute Gasteiger partial charge is 0.613 e. The molecule has 1 unspecified atom stereocenters. The van der Waals surface area contributed by atoms with E-state index in [2.05, 4.69) is 10.6 Å². The molecule has 3 aromatic rings. The molecule has 15 heteroatoms. The number of hydrogen-bond acceptors (Lipinski definition) is 7. The highest BCUT2D eigenvalue weighted by molar-refractivity contribution is 7.97. The van der Waals surface area contributed by atoms with E-state index in [4.69, 9.17) is 26.0 Å². The first-order chi connectivity index (χ1) is 17.7. The molecular weight excluding hydrogens is 491 g/mol. The van der Waals surface area contributed by atoms with E-state index in [0.29, 0.717) is 17.3 Å². The van der Waals surface area contributed by atoms with Crippen LogP contribution >= 0.6 is 0 Å². The molecule has 3 heterocycles. The number of nitrogens with zero attached hydrogens (tertiary/aromatic N) is 3. The number of ether oxygens (including phenoxy) is 2. The van der Waals surface area contributed by atoms with Gasteiger partial charge >= 0.3 is 0 Å². The Balaban J connectivity index is 2.11. The quantitative estimate of drug-likeness (QED) is 0.136. The predicted molar refractivity (Wildman–Crippen MR) is 173 cm³/mol. The summed E-state index contributed by atoms with van der Waals surface area (Å²) in [4.78, 5) is 5.76. The zero-order chi connectivity index (χ0) is 28.0. The minimum absolute atomic E-state index is 0.415. The Bertz CT molecular complexity index is 1360. The van der Waals surface area contributed by atoms with Crippen LogP contribution < -0.4 is 16.3 Å². The second-order valence-corrected chi connectivity index (χ2v) is 14.5. The van der Waals surface area contributed by atoms with Gasteiger partial charge in [0.25, 0.3) is 0 Å². The molecule has 1 atom stereocenters. The number of rotatable bonds is 8. The first kappa shape index (κ1) is 28.9. The minimum atomic E-state index is -1.27. The van der Waals surface area contributed by atoms with E-state index in [-0.39, 0.29) is 0 Å². The number of benzene rings is 1. The van der Waals surface area contributed by atoms with Gasteiger partial charge in [-0.1, -0.05) is 0 Å². The monoisotopic (exact) mass is 529 g/mol. The van der Waals surface area contributed by atoms with Crippen LogP contribution in [0.4, 0.5) is 0 Å². The molecular formula is C23H37B6N5O3S. The maximum absolute atomic E-state index is 13.9. The average molecular weight is 529 g/mol. The fourth-order valence-corrected chi connectivity index (χ4v) is 6.37. The van der Waals surface area contributed by atoms with Crippen LogP contribution in [0.5, 0.6) is 5.75 Å². The zero-order valence-corrected chi connectivity index (χ0v) is 24.9. The van der Waals surface area contributed by atoms with Crippen molar-refractivity contribution >= 4 is 85.9 Å². The smallest absolute Gasteiger partial charge is 0.175 e. The van der Waals surface area contributed by atoms with Gasteiger partial charge in [0.2, 0.25) is 0 Å². The summed E-state index contributed by atoms with van der Waals surface area (Å²) in [5, 5.41) is 2.00. The van der Waals surface area contributed by atoms with E-state index in [9.17, 15) is 4.55 Å². The van der Waals surface area contributed by atoms with Gasteiger partial charge < -0.3 is 29.3 Å². The Morgan fingerprint density at radius 1 is 1.24 bits per heavy atom. The predicted octanol–water partition coefficient (Wildman–Crippen LogP) is -3.42. The third kappa shape index (κ3) is 5.91. The SMILES string of the molecule is BC(B)(B)Oc1ccc([S+]([O-])C(B)(B)B)c2c1c1ncc(/C(=C(\C)N)N(C)N)cc1n2CC1CCOCC1. The van der Waals surface area contributed by atoms with Crippen molar-refractivity contribution in [2.24, 2.45) is 17.5 Å². The molecule has 196 valence electrons. The van der Waals surface area contributed by atoms with Crippen LogP contribution in [0.2, 0.25) is 0 Å². The number of nitrogens with two attached hydrogens (primary N) is 2. The summed E-state index contributed by atoms with van der Waals surface area (Å²) in [6.07, 6.45) is 3.76. The van der Waals surface area contributed by atoms with Crippen molar-refractivity contribution in [3.8, 4) is 5.75 Å². The van der Waals surface area contributed by atoms with E-state index in [1.807, 2.05) is 72.3 Å². The summed E-state index contributed by atoms with van der Waals surface area (Å²) in [6.45, 7) is 4.10. The highest BCUT2D eigenvalue weighted by Gasteiger charge is 2.34. The van der Waals surface area contributed by atoms with Crippen LogP contribution in [0.25, 0.3) is 27.6 Å². The Labute approximate surface area is 234 Å². The maximum atomic E-state index is 13.9. The molecule has 1 saturated heterocycles. The number of pyridine rings is 1. The van der Waals surface area contributed by atoms with Crippen LogP contribution in [0.1, 0.15) is 25.3 Å². The third-order valence-electron chi connectivity index (χ3n) is 6.72. The molecule has 0 bridgehead atoms. The molecule has 0 aliphatic carbocycles. The fraction of sp³-hybridized carbons (Fsp3) is 0.435. The number of hydrogen-bond donors (Lipinski definition) is 2. The molecule has 1 aromatic carbocycles. The summed E-state index contributed by atoms with van der Waals surface area (Å²) >= 11 is -1.27. The van der Waals surface area contributed by atoms with Crippen molar-refractivity contribution in [3.05, 3.63) is 35.7 Å². The lowest BCUT2D eigenvalue weighted by Gasteiger charge is -2.28. The summed E-state index contributed by atoms with van der Waals surface area (Å²) in [5.74, 6) is 7.33. The van der Waals surface area contributed by atoms with Crippen molar-refractivity contribution < 1.29 is 14.0 Å². The third-order valence-corrected chi connectivity index (χ3v) is 8.56. The van der Waals surface area contributed by atoms with Gasteiger partial charge in [0, 0.05) is 54.0 Å². The lowest BCUT2D eigenvalue weighted by atomic mass is 9.52. The van der Waals surface area contributed by atoms with Gasteiger partial charge in [-0.2, -0.15) is 0 Å². The van der Waals surface area contributed by atoms with E-state index >= 15 is 0 Å². The summed E-state index contributed by atoms with van der Waals surface area (Å²) in [5.41, 5.74) is 11.1. The van der Waals surface area contributed by atoms with Gasteiger partial charge in [0.05, 0.1) is 22.1 Å². The maximum Gasteiger partial charge on any atom is 0.175 e. The molecule has 0 radical (unpaired) electrons. The molecule has 0 spiro atoms. The Morgan fingerprint density at radius 2 is 1.89 bits per heavy atom. The molecule has 8 nitrogen and oxygen atoms in total. The first-order valence-electron chi connectivity index (χ1n) is 13.3. The molecule has 0 saturated carbocycles. The van der Waals surface area contributed by atoms with Crippen LogP contribution in [-0.4, -0.2) is 96.2 Å². The van der Waals surface area contributed by atoms with Gasteiger partial charge in [-0.15, -0.1) is 0 Å². The molecule has 4 rings (SSSR count). The highest BCUT2D eigenvalue weighted by atomic mass is 32.2. The van der Waals surface area contributed by atoms with E-state index in [1.54, 1.807) is 7.05 Å². The lowest BCUT2D eigenvalue weighted by Crippen LogP contribution is -2.40.